The molecular formula is C11H16O2. The average Bonchev–Trinajstić information content (AvgIpc) is 2.09. The molecule has 1 N–H and O–H groups in total. The van der Waals surface area contributed by atoms with Gasteiger partial charge in [0.25, 0.3) is 0 Å². The van der Waals surface area contributed by atoms with Crippen LogP contribution in [-0.4, -0.2) is 16.5 Å². The minimum atomic E-state index is -1.15. The molecule has 0 heterocycles. The maximum Gasteiger partial charge on any atom is 0.164 e. The van der Waals surface area contributed by atoms with E-state index in [-0.39, 0.29) is 5.78 Å². The van der Waals surface area contributed by atoms with Crippen LogP contribution in [0, 0.1) is 0 Å². The molecule has 2 heteroatoms. The molecule has 0 aromatic heterocycles. The third-order valence-electron chi connectivity index (χ3n) is 2.43. The summed E-state index contributed by atoms with van der Waals surface area (Å²) in [5.41, 5.74) is -1.15. The summed E-state index contributed by atoms with van der Waals surface area (Å²) in [7, 11) is 0. The Bertz CT molecular complexity index is 230. The van der Waals surface area contributed by atoms with Crippen molar-refractivity contribution in [1.29, 1.82) is 0 Å². The lowest BCUT2D eigenvalue weighted by Gasteiger charge is -2.25. The molecule has 0 aliphatic heterocycles. The lowest BCUT2D eigenvalue weighted by Crippen LogP contribution is -2.38. The van der Waals surface area contributed by atoms with Crippen molar-refractivity contribution in [2.24, 2.45) is 0 Å². The van der Waals surface area contributed by atoms with Crippen LogP contribution in [0.5, 0.6) is 0 Å². The van der Waals surface area contributed by atoms with Crippen LogP contribution >= 0.6 is 0 Å². The molecule has 0 saturated carbocycles. The van der Waals surface area contributed by atoms with Gasteiger partial charge in [0.15, 0.2) is 5.78 Å². The molecule has 0 aromatic carbocycles. The molecule has 0 bridgehead atoms. The van der Waals surface area contributed by atoms with E-state index in [2.05, 4.69) is 6.58 Å². The minimum absolute atomic E-state index is 0.0447. The van der Waals surface area contributed by atoms with Crippen molar-refractivity contribution in [1.82, 2.24) is 0 Å². The lowest BCUT2D eigenvalue weighted by molar-refractivity contribution is -0.137. The SMILES string of the molecule is C=CCC1(O)CC/C=C\CCC1=O. The van der Waals surface area contributed by atoms with E-state index in [0.29, 0.717) is 19.3 Å². The van der Waals surface area contributed by atoms with Crippen LogP contribution in [-0.2, 0) is 4.79 Å². The molecule has 0 fully saturated rings. The Balaban J connectivity index is 2.73. The molecule has 1 unspecified atom stereocenters. The fourth-order valence-electron chi connectivity index (χ4n) is 1.60. The number of ketones is 1. The highest BCUT2D eigenvalue weighted by molar-refractivity contribution is 5.87. The first kappa shape index (κ1) is 10.2. The highest BCUT2D eigenvalue weighted by atomic mass is 16.3. The Kier molecular flexibility index (Phi) is 3.43. The molecule has 0 spiro atoms. The summed E-state index contributed by atoms with van der Waals surface area (Å²) in [6, 6.07) is 0. The van der Waals surface area contributed by atoms with E-state index in [1.54, 1.807) is 6.08 Å². The largest absolute Gasteiger partial charge is 0.382 e. The maximum atomic E-state index is 11.5. The molecule has 1 atom stereocenters. The van der Waals surface area contributed by atoms with Crippen molar-refractivity contribution in [2.45, 2.75) is 37.7 Å². The maximum absolute atomic E-state index is 11.5. The van der Waals surface area contributed by atoms with Gasteiger partial charge >= 0.3 is 0 Å². The molecule has 1 aliphatic rings. The smallest absolute Gasteiger partial charge is 0.164 e. The topological polar surface area (TPSA) is 37.3 Å². The van der Waals surface area contributed by atoms with Gasteiger partial charge in [-0.1, -0.05) is 18.2 Å². The van der Waals surface area contributed by atoms with Crippen LogP contribution in [0.2, 0.25) is 0 Å². The number of hydrogen-bond acceptors (Lipinski definition) is 2. The van der Waals surface area contributed by atoms with Gasteiger partial charge in [0, 0.05) is 12.8 Å². The Labute approximate surface area is 79.0 Å². The summed E-state index contributed by atoms with van der Waals surface area (Å²) < 4.78 is 0. The normalized spacial score (nSPS) is 31.9. The van der Waals surface area contributed by atoms with E-state index in [4.69, 9.17) is 0 Å². The molecule has 0 radical (unpaired) electrons. The van der Waals surface area contributed by atoms with Gasteiger partial charge in [-0.3, -0.25) is 4.79 Å². The third-order valence-corrected chi connectivity index (χ3v) is 2.43. The predicted octanol–water partition coefficient (Wildman–Crippen LogP) is 1.99. The summed E-state index contributed by atoms with van der Waals surface area (Å²) in [4.78, 5) is 11.5. The molecule has 72 valence electrons. The Morgan fingerprint density at radius 3 is 2.92 bits per heavy atom. The van der Waals surface area contributed by atoms with E-state index in [1.807, 2.05) is 12.2 Å². The monoisotopic (exact) mass is 180 g/mol. The van der Waals surface area contributed by atoms with E-state index in [9.17, 15) is 9.90 Å². The zero-order chi connectivity index (χ0) is 9.73. The highest BCUT2D eigenvalue weighted by Crippen LogP contribution is 2.23. The zero-order valence-electron chi connectivity index (χ0n) is 7.83. The second kappa shape index (κ2) is 4.38. The first-order chi connectivity index (χ1) is 6.19. The average molecular weight is 180 g/mol. The van der Waals surface area contributed by atoms with Crippen molar-refractivity contribution >= 4 is 5.78 Å². The number of aliphatic hydroxyl groups is 1. The van der Waals surface area contributed by atoms with Crippen molar-refractivity contribution in [2.75, 3.05) is 0 Å². The van der Waals surface area contributed by atoms with Gasteiger partial charge in [0.05, 0.1) is 0 Å². The summed E-state index contributed by atoms with van der Waals surface area (Å²) in [5.74, 6) is -0.0447. The Morgan fingerprint density at radius 1 is 1.54 bits per heavy atom. The fraction of sp³-hybridized carbons (Fsp3) is 0.545. The first-order valence-corrected chi connectivity index (χ1v) is 4.70. The quantitative estimate of drug-likeness (QED) is 0.660. The van der Waals surface area contributed by atoms with E-state index in [0.717, 1.165) is 12.8 Å². The van der Waals surface area contributed by atoms with Crippen LogP contribution in [0.1, 0.15) is 32.1 Å². The Hall–Kier alpha value is -0.890. The first-order valence-electron chi connectivity index (χ1n) is 4.70. The molecule has 2 nitrogen and oxygen atoms in total. The summed E-state index contributed by atoms with van der Waals surface area (Å²) in [5, 5.41) is 9.99. The molecule has 0 amide bonds. The number of hydrogen-bond donors (Lipinski definition) is 1. The van der Waals surface area contributed by atoms with Gasteiger partial charge in [0.1, 0.15) is 5.60 Å². The zero-order valence-corrected chi connectivity index (χ0v) is 7.83. The summed E-state index contributed by atoms with van der Waals surface area (Å²) >= 11 is 0. The predicted molar refractivity (Wildman–Crippen MR) is 52.4 cm³/mol. The second-order valence-electron chi connectivity index (χ2n) is 3.50. The van der Waals surface area contributed by atoms with Crippen LogP contribution in [0.15, 0.2) is 24.8 Å². The number of Topliss-reactive ketones (excluding diaryl/α,β-unsaturated/α-hetero) is 1. The van der Waals surface area contributed by atoms with Crippen molar-refractivity contribution in [3.63, 3.8) is 0 Å². The van der Waals surface area contributed by atoms with Crippen LogP contribution in [0.25, 0.3) is 0 Å². The van der Waals surface area contributed by atoms with Crippen molar-refractivity contribution in [3.8, 4) is 0 Å². The molecular weight excluding hydrogens is 164 g/mol. The van der Waals surface area contributed by atoms with Gasteiger partial charge in [-0.05, 0) is 19.3 Å². The number of allylic oxidation sites excluding steroid dienone is 2. The number of rotatable bonds is 2. The standard InChI is InChI=1S/C11H16O2/c1-2-8-11(13)9-6-4-3-5-7-10(11)12/h2-4,13H,1,5-9H2/b4-3-. The molecule has 1 aliphatic carbocycles. The van der Waals surface area contributed by atoms with E-state index >= 15 is 0 Å². The molecule has 0 aromatic rings. The van der Waals surface area contributed by atoms with Crippen LogP contribution < -0.4 is 0 Å². The molecule has 1 rings (SSSR count). The van der Waals surface area contributed by atoms with E-state index < -0.39 is 5.60 Å². The second-order valence-corrected chi connectivity index (χ2v) is 3.50. The van der Waals surface area contributed by atoms with Gasteiger partial charge in [-0.15, -0.1) is 6.58 Å². The van der Waals surface area contributed by atoms with Gasteiger partial charge < -0.3 is 5.11 Å². The van der Waals surface area contributed by atoms with Gasteiger partial charge in [-0.25, -0.2) is 0 Å². The third kappa shape index (κ3) is 2.52. The lowest BCUT2D eigenvalue weighted by atomic mass is 9.85. The van der Waals surface area contributed by atoms with E-state index in [1.165, 1.54) is 0 Å². The summed E-state index contributed by atoms with van der Waals surface area (Å²) in [6.45, 7) is 3.56. The van der Waals surface area contributed by atoms with Gasteiger partial charge in [0.2, 0.25) is 0 Å². The highest BCUT2D eigenvalue weighted by Gasteiger charge is 2.32. The van der Waals surface area contributed by atoms with Crippen LogP contribution in [0.4, 0.5) is 0 Å². The Morgan fingerprint density at radius 2 is 2.23 bits per heavy atom. The van der Waals surface area contributed by atoms with Crippen LogP contribution in [0.3, 0.4) is 0 Å². The molecule has 0 saturated heterocycles. The summed E-state index contributed by atoms with van der Waals surface area (Å²) in [6.07, 6.45) is 8.51. The van der Waals surface area contributed by atoms with Gasteiger partial charge in [-0.2, -0.15) is 0 Å². The minimum Gasteiger partial charge on any atom is -0.382 e. The number of carbonyl (C=O) groups excluding carboxylic acids is 1. The van der Waals surface area contributed by atoms with Crippen molar-refractivity contribution < 1.29 is 9.90 Å². The fourth-order valence-corrected chi connectivity index (χ4v) is 1.60. The number of carbonyl (C=O) groups is 1. The molecule has 13 heavy (non-hydrogen) atoms. The van der Waals surface area contributed by atoms with Crippen molar-refractivity contribution in [3.05, 3.63) is 24.8 Å².